The molecule has 0 unspecified atom stereocenters. The first-order valence-corrected chi connectivity index (χ1v) is 21.3. The Morgan fingerprint density at radius 3 is 1.48 bits per heavy atom. The van der Waals surface area contributed by atoms with E-state index in [0.29, 0.717) is 0 Å². The fourth-order valence-corrected chi connectivity index (χ4v) is 9.59. The van der Waals surface area contributed by atoms with Crippen molar-refractivity contribution in [2.75, 3.05) is 4.90 Å². The lowest BCUT2D eigenvalue weighted by atomic mass is 9.94. The van der Waals surface area contributed by atoms with Gasteiger partial charge in [0.25, 0.3) is 0 Å². The minimum Gasteiger partial charge on any atom is -0.310 e. The zero-order valence-corrected chi connectivity index (χ0v) is 34.0. The van der Waals surface area contributed by atoms with Gasteiger partial charge in [-0.1, -0.05) is 182 Å². The Labute approximate surface area is 360 Å². The molecule has 0 N–H and O–H groups in total. The molecule has 290 valence electrons. The number of benzene rings is 11. The molecule has 12 rings (SSSR count). The number of fused-ring (bicyclic) bond motifs is 8. The Morgan fingerprint density at radius 2 is 0.758 bits per heavy atom. The molecule has 1 aromatic heterocycles. The lowest BCUT2D eigenvalue weighted by molar-refractivity contribution is 1.18. The summed E-state index contributed by atoms with van der Waals surface area (Å²) in [7, 11) is 0. The normalized spacial score (nSPS) is 11.5. The molecule has 0 spiro atoms. The van der Waals surface area contributed by atoms with Crippen LogP contribution in [0.3, 0.4) is 0 Å². The summed E-state index contributed by atoms with van der Waals surface area (Å²) >= 11 is 0. The maximum Gasteiger partial charge on any atom is 0.0541 e. The van der Waals surface area contributed by atoms with Gasteiger partial charge in [0.1, 0.15) is 0 Å². The zero-order valence-electron chi connectivity index (χ0n) is 34.0. The lowest BCUT2D eigenvalue weighted by Gasteiger charge is -2.26. The van der Waals surface area contributed by atoms with Gasteiger partial charge in [-0.15, -0.1) is 0 Å². The van der Waals surface area contributed by atoms with Crippen molar-refractivity contribution in [2.24, 2.45) is 0 Å². The van der Waals surface area contributed by atoms with Gasteiger partial charge in [-0.25, -0.2) is 0 Å². The van der Waals surface area contributed by atoms with Gasteiger partial charge in [0, 0.05) is 33.4 Å². The molecule has 0 saturated heterocycles. The molecule has 0 aliphatic heterocycles. The van der Waals surface area contributed by atoms with Crippen LogP contribution >= 0.6 is 0 Å². The van der Waals surface area contributed by atoms with Crippen molar-refractivity contribution in [2.45, 2.75) is 0 Å². The van der Waals surface area contributed by atoms with Crippen molar-refractivity contribution >= 4 is 71.2 Å². The van der Waals surface area contributed by atoms with E-state index < -0.39 is 0 Å². The first-order chi connectivity index (χ1) is 30.7. The van der Waals surface area contributed by atoms with E-state index in [-0.39, 0.29) is 0 Å². The molecule has 0 saturated carbocycles. The molecule has 62 heavy (non-hydrogen) atoms. The third kappa shape index (κ3) is 6.04. The van der Waals surface area contributed by atoms with Crippen LogP contribution in [0.2, 0.25) is 0 Å². The van der Waals surface area contributed by atoms with E-state index in [0.717, 1.165) is 28.3 Å². The van der Waals surface area contributed by atoms with E-state index >= 15 is 0 Å². The van der Waals surface area contributed by atoms with E-state index in [9.17, 15) is 0 Å². The lowest BCUT2D eigenvalue weighted by Crippen LogP contribution is -2.10. The molecule has 12 aromatic rings. The highest BCUT2D eigenvalue weighted by Crippen LogP contribution is 2.41. The third-order valence-electron chi connectivity index (χ3n) is 12.6. The minimum atomic E-state index is 1.09. The summed E-state index contributed by atoms with van der Waals surface area (Å²) in [5, 5.41) is 10.1. The summed E-state index contributed by atoms with van der Waals surface area (Å²) in [5.74, 6) is 0. The molecule has 0 atom stereocenters. The van der Waals surface area contributed by atoms with Gasteiger partial charge in [0.05, 0.1) is 16.7 Å². The average molecular weight is 789 g/mol. The maximum absolute atomic E-state index is 2.41. The highest BCUT2D eigenvalue weighted by atomic mass is 15.1. The highest BCUT2D eigenvalue weighted by Gasteiger charge is 2.18. The second kappa shape index (κ2) is 14.8. The van der Waals surface area contributed by atoms with Crippen LogP contribution < -0.4 is 4.90 Å². The van der Waals surface area contributed by atoms with Crippen molar-refractivity contribution in [3.05, 3.63) is 243 Å². The molecule has 0 amide bonds. The number of hydrogen-bond donors (Lipinski definition) is 0. The van der Waals surface area contributed by atoms with Crippen LogP contribution in [0.25, 0.3) is 93.2 Å². The first kappa shape index (κ1) is 35.7. The summed E-state index contributed by atoms with van der Waals surface area (Å²) in [6, 6.07) is 88.4. The smallest absolute Gasteiger partial charge is 0.0541 e. The SMILES string of the molecule is c1ccc(-c2ccc(N(c3ccc(-c4ccccc4-n4c5ccccc5c5ccccc54)cc3)c3cccc(-c4ccc5ccc6c7ccccc7ccc6c5c4)c3)cc2)cc1. The monoisotopic (exact) mass is 788 g/mol. The van der Waals surface area contributed by atoms with Gasteiger partial charge in [-0.2, -0.15) is 0 Å². The molecule has 11 aromatic carbocycles. The van der Waals surface area contributed by atoms with E-state index in [4.69, 9.17) is 0 Å². The molecule has 0 bridgehead atoms. The summed E-state index contributed by atoms with van der Waals surface area (Å²) < 4.78 is 2.41. The standard InChI is InChI=1S/C60H40N2/c1-2-13-41(14-3-1)42-27-33-48(34-28-42)61(50-17-12-16-46(39-50)47-26-25-45-32-37-53-51-18-5-4-15-43(51)31-38-54(53)57(45)40-47)49-35-29-44(30-36-49)52-19-6-9-22-58(52)62-59-23-10-7-20-55(59)56-21-8-11-24-60(56)62/h1-40H. The summed E-state index contributed by atoms with van der Waals surface area (Å²) in [6.07, 6.45) is 0. The van der Waals surface area contributed by atoms with Crippen molar-refractivity contribution in [3.8, 4) is 39.1 Å². The van der Waals surface area contributed by atoms with Gasteiger partial charge in [0.15, 0.2) is 0 Å². The Hall–Kier alpha value is -8.20. The Balaban J connectivity index is 0.970. The number of nitrogens with zero attached hydrogens (tertiary/aromatic N) is 2. The highest BCUT2D eigenvalue weighted by molar-refractivity contribution is 6.18. The van der Waals surface area contributed by atoms with Gasteiger partial charge >= 0.3 is 0 Å². The van der Waals surface area contributed by atoms with Crippen molar-refractivity contribution < 1.29 is 0 Å². The van der Waals surface area contributed by atoms with Crippen LogP contribution in [-0.2, 0) is 0 Å². The van der Waals surface area contributed by atoms with E-state index in [1.165, 1.54) is 81.9 Å². The van der Waals surface area contributed by atoms with Crippen LogP contribution in [-0.4, -0.2) is 4.57 Å². The Bertz CT molecular complexity index is 3560. The number of anilines is 3. The second-order valence-corrected chi connectivity index (χ2v) is 16.1. The fourth-order valence-electron chi connectivity index (χ4n) is 9.59. The topological polar surface area (TPSA) is 8.17 Å². The van der Waals surface area contributed by atoms with Gasteiger partial charge < -0.3 is 9.47 Å². The van der Waals surface area contributed by atoms with Crippen molar-refractivity contribution in [1.82, 2.24) is 4.57 Å². The fraction of sp³-hybridized carbons (Fsp3) is 0. The number of rotatable bonds is 7. The molecule has 0 fully saturated rings. The summed E-state index contributed by atoms with van der Waals surface area (Å²) in [6.45, 7) is 0. The number of aromatic nitrogens is 1. The third-order valence-corrected chi connectivity index (χ3v) is 12.6. The van der Waals surface area contributed by atoms with Crippen LogP contribution in [0, 0.1) is 0 Å². The molecular formula is C60H40N2. The summed E-state index contributed by atoms with van der Waals surface area (Å²) in [4.78, 5) is 2.38. The molecule has 2 heteroatoms. The molecule has 1 heterocycles. The average Bonchev–Trinajstić information content (AvgIpc) is 3.69. The Kier molecular flexibility index (Phi) is 8.53. The van der Waals surface area contributed by atoms with Crippen LogP contribution in [0.15, 0.2) is 243 Å². The van der Waals surface area contributed by atoms with Crippen LogP contribution in [0.5, 0.6) is 0 Å². The predicted octanol–water partition coefficient (Wildman–Crippen LogP) is 16.7. The molecule has 0 aliphatic rings. The predicted molar refractivity (Wildman–Crippen MR) is 264 cm³/mol. The van der Waals surface area contributed by atoms with E-state index in [1.54, 1.807) is 0 Å². The maximum atomic E-state index is 2.41. The second-order valence-electron chi connectivity index (χ2n) is 16.1. The summed E-state index contributed by atoms with van der Waals surface area (Å²) in [5.41, 5.74) is 14.0. The minimum absolute atomic E-state index is 1.09. The molecule has 2 nitrogen and oxygen atoms in total. The largest absolute Gasteiger partial charge is 0.310 e. The molecular weight excluding hydrogens is 749 g/mol. The number of para-hydroxylation sites is 3. The quantitative estimate of drug-likeness (QED) is 0.146. The zero-order chi connectivity index (χ0) is 41.0. The van der Waals surface area contributed by atoms with Crippen molar-refractivity contribution in [3.63, 3.8) is 0 Å². The van der Waals surface area contributed by atoms with Crippen LogP contribution in [0.1, 0.15) is 0 Å². The van der Waals surface area contributed by atoms with Gasteiger partial charge in [-0.05, 0) is 121 Å². The van der Waals surface area contributed by atoms with Gasteiger partial charge in [-0.3, -0.25) is 0 Å². The van der Waals surface area contributed by atoms with Gasteiger partial charge in [0.2, 0.25) is 0 Å². The van der Waals surface area contributed by atoms with Crippen LogP contribution in [0.4, 0.5) is 17.1 Å². The van der Waals surface area contributed by atoms with E-state index in [2.05, 4.69) is 252 Å². The van der Waals surface area contributed by atoms with E-state index in [1.807, 2.05) is 0 Å². The first-order valence-electron chi connectivity index (χ1n) is 21.3. The Morgan fingerprint density at radius 1 is 0.258 bits per heavy atom. The number of hydrogen-bond acceptors (Lipinski definition) is 1. The molecule has 0 radical (unpaired) electrons. The molecule has 0 aliphatic carbocycles. The van der Waals surface area contributed by atoms with Crippen molar-refractivity contribution in [1.29, 1.82) is 0 Å².